The van der Waals surface area contributed by atoms with Crippen LogP contribution < -0.4 is 19.7 Å². The summed E-state index contributed by atoms with van der Waals surface area (Å²) in [6.45, 7) is 2.68. The highest BCUT2D eigenvalue weighted by Crippen LogP contribution is 2.36. The number of nitrogens with zero attached hydrogens (tertiary/aromatic N) is 1. The van der Waals surface area contributed by atoms with Crippen LogP contribution in [0, 0.1) is 0 Å². The maximum absolute atomic E-state index is 13.0. The lowest BCUT2D eigenvalue weighted by molar-refractivity contribution is -0.113. The van der Waals surface area contributed by atoms with E-state index in [0.29, 0.717) is 45.5 Å². The molecule has 1 heterocycles. The lowest BCUT2D eigenvalue weighted by atomic mass is 10.1. The third-order valence-electron chi connectivity index (χ3n) is 5.89. The van der Waals surface area contributed by atoms with Crippen molar-refractivity contribution < 1.29 is 19.1 Å². The van der Waals surface area contributed by atoms with E-state index in [1.165, 1.54) is 0 Å². The molecule has 0 radical (unpaired) electrons. The van der Waals surface area contributed by atoms with Crippen LogP contribution in [-0.2, 0) is 11.4 Å². The number of urea groups is 1. The summed E-state index contributed by atoms with van der Waals surface area (Å²) in [4.78, 5) is 26.7. The molecule has 0 saturated carbocycles. The third-order valence-corrected chi connectivity index (χ3v) is 6.83. The molecule has 1 aliphatic heterocycles. The second-order valence-corrected chi connectivity index (χ2v) is 9.58. The van der Waals surface area contributed by atoms with Gasteiger partial charge in [-0.1, -0.05) is 70.0 Å². The molecule has 0 atom stereocenters. The van der Waals surface area contributed by atoms with Crippen molar-refractivity contribution in [1.82, 2.24) is 5.32 Å². The number of benzene rings is 4. The van der Waals surface area contributed by atoms with Crippen LogP contribution in [0.3, 0.4) is 0 Å². The second kappa shape index (κ2) is 10.7. The fraction of sp³-hybridized carbons (Fsp3) is 0.103. The Morgan fingerprint density at radius 2 is 1.68 bits per heavy atom. The quantitative estimate of drug-likeness (QED) is 0.184. The van der Waals surface area contributed by atoms with Crippen LogP contribution in [0.15, 0.2) is 89.0 Å². The smallest absolute Gasteiger partial charge is 0.333 e. The van der Waals surface area contributed by atoms with Gasteiger partial charge in [0.25, 0.3) is 5.91 Å². The highest BCUT2D eigenvalue weighted by Gasteiger charge is 2.35. The van der Waals surface area contributed by atoms with Gasteiger partial charge in [-0.05, 0) is 71.3 Å². The molecule has 186 valence electrons. The molecule has 0 unspecified atom stereocenters. The number of amides is 3. The summed E-state index contributed by atoms with van der Waals surface area (Å²) in [6.07, 6.45) is 1.61. The third kappa shape index (κ3) is 5.19. The lowest BCUT2D eigenvalue weighted by Crippen LogP contribution is -2.30. The Hall–Kier alpha value is -3.81. The Balaban J connectivity index is 1.42. The Morgan fingerprint density at radius 3 is 2.46 bits per heavy atom. The van der Waals surface area contributed by atoms with Crippen molar-refractivity contribution in [3.63, 3.8) is 0 Å². The fourth-order valence-corrected chi connectivity index (χ4v) is 4.69. The molecule has 1 aliphatic rings. The van der Waals surface area contributed by atoms with Crippen molar-refractivity contribution in [3.05, 3.63) is 105 Å². The molecule has 3 amide bonds. The van der Waals surface area contributed by atoms with E-state index in [2.05, 4.69) is 39.4 Å². The molecule has 0 aliphatic carbocycles. The number of hydrogen-bond acceptors (Lipinski definition) is 4. The molecule has 6 nitrogen and oxygen atoms in total. The zero-order valence-corrected chi connectivity index (χ0v) is 22.2. The first-order valence-corrected chi connectivity index (χ1v) is 12.8. The average Bonchev–Trinajstić information content (AvgIpc) is 3.18. The van der Waals surface area contributed by atoms with Crippen molar-refractivity contribution in [2.24, 2.45) is 0 Å². The van der Waals surface area contributed by atoms with E-state index in [9.17, 15) is 9.59 Å². The summed E-state index contributed by atoms with van der Waals surface area (Å²) in [7, 11) is 0. The maximum atomic E-state index is 13.0. The van der Waals surface area contributed by atoms with Crippen LogP contribution in [0.2, 0.25) is 5.02 Å². The van der Waals surface area contributed by atoms with Gasteiger partial charge < -0.3 is 14.8 Å². The summed E-state index contributed by atoms with van der Waals surface area (Å²) < 4.78 is 12.7. The van der Waals surface area contributed by atoms with Crippen LogP contribution in [0.5, 0.6) is 11.5 Å². The number of hydrogen-bond donors (Lipinski definition) is 1. The topological polar surface area (TPSA) is 67.9 Å². The number of fused-ring (bicyclic) bond motifs is 1. The average molecular weight is 578 g/mol. The van der Waals surface area contributed by atoms with Crippen LogP contribution in [0.4, 0.5) is 10.5 Å². The zero-order chi connectivity index (χ0) is 25.9. The molecule has 1 fully saturated rings. The lowest BCUT2D eigenvalue weighted by Gasteiger charge is -2.15. The molecule has 0 aromatic heterocycles. The number of nitrogens with one attached hydrogen (secondary N) is 1. The van der Waals surface area contributed by atoms with Gasteiger partial charge in [0.1, 0.15) is 12.3 Å². The highest BCUT2D eigenvalue weighted by atomic mass is 79.9. The van der Waals surface area contributed by atoms with Crippen molar-refractivity contribution in [3.8, 4) is 11.5 Å². The van der Waals surface area contributed by atoms with E-state index in [1.54, 1.807) is 42.5 Å². The Kier molecular flexibility index (Phi) is 7.17. The molecule has 4 aromatic rings. The number of rotatable bonds is 7. The van der Waals surface area contributed by atoms with E-state index in [4.69, 9.17) is 21.1 Å². The van der Waals surface area contributed by atoms with Crippen LogP contribution in [0.1, 0.15) is 18.1 Å². The Bertz CT molecular complexity index is 1530. The first kappa shape index (κ1) is 24.9. The van der Waals surface area contributed by atoms with Gasteiger partial charge in [-0.25, -0.2) is 9.69 Å². The van der Waals surface area contributed by atoms with Crippen LogP contribution in [-0.4, -0.2) is 18.5 Å². The molecular formula is C29H22BrClN2O4. The number of carbonyl (C=O) groups is 2. The van der Waals surface area contributed by atoms with Gasteiger partial charge in [0, 0.05) is 9.50 Å². The van der Waals surface area contributed by atoms with Crippen molar-refractivity contribution in [2.45, 2.75) is 13.5 Å². The highest BCUT2D eigenvalue weighted by molar-refractivity contribution is 9.10. The molecule has 37 heavy (non-hydrogen) atoms. The van der Waals surface area contributed by atoms with Gasteiger partial charge in [0.15, 0.2) is 11.5 Å². The predicted molar refractivity (Wildman–Crippen MR) is 149 cm³/mol. The largest absolute Gasteiger partial charge is 0.490 e. The minimum atomic E-state index is -0.533. The summed E-state index contributed by atoms with van der Waals surface area (Å²) >= 11 is 9.51. The molecule has 1 saturated heterocycles. The Morgan fingerprint density at radius 1 is 0.946 bits per heavy atom. The monoisotopic (exact) mass is 576 g/mol. The number of carbonyl (C=O) groups excluding carboxylic acids is 2. The predicted octanol–water partition coefficient (Wildman–Crippen LogP) is 7.33. The summed E-state index contributed by atoms with van der Waals surface area (Å²) in [5.41, 5.74) is 2.29. The van der Waals surface area contributed by atoms with Gasteiger partial charge in [-0.15, -0.1) is 0 Å². The molecule has 4 aromatic carbocycles. The van der Waals surface area contributed by atoms with Crippen molar-refractivity contribution in [2.75, 3.05) is 11.5 Å². The minimum absolute atomic E-state index is 0.146. The molecule has 5 rings (SSSR count). The fourth-order valence-electron chi connectivity index (χ4n) is 4.13. The van der Waals surface area contributed by atoms with Crippen LogP contribution >= 0.6 is 27.5 Å². The Labute approximate surface area is 227 Å². The SMILES string of the molecule is CCOc1cc(/C=C2/NC(=O)N(c3ccc(Cl)cc3)C2=O)c(Br)cc1OCc1cccc2ccccc12. The first-order valence-electron chi connectivity index (χ1n) is 11.6. The van der Waals surface area contributed by atoms with Crippen LogP contribution in [0.25, 0.3) is 16.8 Å². The van der Waals surface area contributed by atoms with Gasteiger partial charge in [-0.2, -0.15) is 0 Å². The van der Waals surface area contributed by atoms with E-state index >= 15 is 0 Å². The standard InChI is InChI=1S/C29H22BrClN2O4/c1-2-36-26-15-20(14-25-28(34)33(29(35)32-25)22-12-10-21(31)11-13-22)24(30)16-27(26)37-17-19-8-5-7-18-6-3-4-9-23(18)19/h3-16H,2,17H2,1H3,(H,32,35)/b25-14+. The molecule has 1 N–H and O–H groups in total. The van der Waals surface area contributed by atoms with E-state index in [0.717, 1.165) is 21.2 Å². The minimum Gasteiger partial charge on any atom is -0.490 e. The second-order valence-electron chi connectivity index (χ2n) is 8.29. The summed E-state index contributed by atoms with van der Waals surface area (Å²) in [6, 6.07) is 23.8. The van der Waals surface area contributed by atoms with Crippen molar-refractivity contribution in [1.29, 1.82) is 0 Å². The molecular weight excluding hydrogens is 556 g/mol. The number of ether oxygens (including phenoxy) is 2. The van der Waals surface area contributed by atoms with Gasteiger partial charge in [0.05, 0.1) is 12.3 Å². The molecule has 0 spiro atoms. The number of halogens is 2. The van der Waals surface area contributed by atoms with Gasteiger partial charge in [-0.3, -0.25) is 4.79 Å². The first-order chi connectivity index (χ1) is 17.9. The molecule has 8 heteroatoms. The van der Waals surface area contributed by atoms with Crippen molar-refractivity contribution >= 4 is 62.0 Å². The number of imide groups is 1. The normalized spacial score (nSPS) is 14.4. The maximum Gasteiger partial charge on any atom is 0.333 e. The molecule has 0 bridgehead atoms. The number of anilines is 1. The van der Waals surface area contributed by atoms with Gasteiger partial charge >= 0.3 is 6.03 Å². The summed E-state index contributed by atoms with van der Waals surface area (Å²) in [5, 5.41) is 5.44. The van der Waals surface area contributed by atoms with E-state index in [1.807, 2.05) is 31.2 Å². The van der Waals surface area contributed by atoms with Gasteiger partial charge in [0.2, 0.25) is 0 Å². The zero-order valence-electron chi connectivity index (χ0n) is 19.8. The van der Waals surface area contributed by atoms with E-state index in [-0.39, 0.29) is 5.70 Å². The van der Waals surface area contributed by atoms with E-state index < -0.39 is 11.9 Å². The summed E-state index contributed by atoms with van der Waals surface area (Å²) in [5.74, 6) is 0.631.